The van der Waals surface area contributed by atoms with Crippen LogP contribution in [0.1, 0.15) is 31.9 Å². The zero-order valence-corrected chi connectivity index (χ0v) is 18.3. The monoisotopic (exact) mass is 374 g/mol. The molecule has 0 N–H and O–H groups in total. The van der Waals surface area contributed by atoms with Crippen LogP contribution < -0.4 is 9.16 Å². The van der Waals surface area contributed by atoms with E-state index < -0.39 is 8.32 Å². The lowest BCUT2D eigenvalue weighted by Crippen LogP contribution is -2.43. The molecule has 2 aromatic rings. The molecule has 0 saturated heterocycles. The lowest BCUT2D eigenvalue weighted by molar-refractivity contribution is 0.385. The molecule has 0 bridgehead atoms. The van der Waals surface area contributed by atoms with Gasteiger partial charge in [0.2, 0.25) is 0 Å². The Morgan fingerprint density at radius 1 is 0.960 bits per heavy atom. The molecule has 0 radical (unpaired) electrons. The first-order valence-electron chi connectivity index (χ1n) is 8.68. The van der Waals surface area contributed by atoms with Crippen molar-refractivity contribution in [1.29, 1.82) is 0 Å². The van der Waals surface area contributed by atoms with Gasteiger partial charge in [-0.1, -0.05) is 44.5 Å². The van der Waals surface area contributed by atoms with Gasteiger partial charge in [0.05, 0.1) is 7.11 Å². The van der Waals surface area contributed by atoms with Crippen LogP contribution in [0.25, 0.3) is 0 Å². The predicted molar refractivity (Wildman–Crippen MR) is 112 cm³/mol. The second kappa shape index (κ2) is 7.88. The summed E-state index contributed by atoms with van der Waals surface area (Å²) in [5.74, 6) is 2.60. The van der Waals surface area contributed by atoms with Crippen molar-refractivity contribution >= 4 is 20.1 Å². The van der Waals surface area contributed by atoms with Gasteiger partial charge in [-0.2, -0.15) is 0 Å². The summed E-state index contributed by atoms with van der Waals surface area (Å²) in [5, 5.41) is 0.157. The fourth-order valence-corrected chi connectivity index (χ4v) is 3.98. The summed E-state index contributed by atoms with van der Waals surface area (Å²) in [4.78, 5) is 1.29. The van der Waals surface area contributed by atoms with Gasteiger partial charge < -0.3 is 9.16 Å². The summed E-state index contributed by atoms with van der Waals surface area (Å²) in [5.41, 5.74) is 2.54. The van der Waals surface area contributed by atoms with Crippen LogP contribution in [0.3, 0.4) is 0 Å². The number of thioether (sulfide) groups is 1. The Bertz CT molecular complexity index is 703. The van der Waals surface area contributed by atoms with Gasteiger partial charge >= 0.3 is 0 Å². The summed E-state index contributed by atoms with van der Waals surface area (Å²) in [6.07, 6.45) is 0. The molecule has 0 aromatic heterocycles. The SMILES string of the molecule is COc1ccc(CSc2ccc(C)cc2)cc1O[Si](C)(C)C(C)(C)C. The van der Waals surface area contributed by atoms with E-state index in [0.29, 0.717) is 0 Å². The Kier molecular flexibility index (Phi) is 6.28. The maximum absolute atomic E-state index is 6.50. The average molecular weight is 375 g/mol. The molecule has 0 saturated carbocycles. The molecule has 0 unspecified atom stereocenters. The number of ether oxygens (including phenoxy) is 1. The van der Waals surface area contributed by atoms with Gasteiger partial charge in [0, 0.05) is 10.6 Å². The molecule has 2 aromatic carbocycles. The molecular weight excluding hydrogens is 344 g/mol. The maximum Gasteiger partial charge on any atom is 0.250 e. The molecule has 25 heavy (non-hydrogen) atoms. The van der Waals surface area contributed by atoms with E-state index in [0.717, 1.165) is 17.3 Å². The van der Waals surface area contributed by atoms with E-state index in [1.54, 1.807) is 7.11 Å². The summed E-state index contributed by atoms with van der Waals surface area (Å²) in [7, 11) is -0.193. The summed E-state index contributed by atoms with van der Waals surface area (Å²) in [6, 6.07) is 14.9. The molecule has 0 spiro atoms. The van der Waals surface area contributed by atoms with Crippen molar-refractivity contribution in [1.82, 2.24) is 0 Å². The molecule has 2 rings (SSSR count). The zero-order chi connectivity index (χ0) is 18.7. The number of benzene rings is 2. The second-order valence-electron chi connectivity index (χ2n) is 7.95. The number of methoxy groups -OCH3 is 1. The standard InChI is InChI=1S/C21H30O2SSi/c1-16-8-11-18(12-9-16)24-15-17-10-13-19(22-5)20(14-17)23-25(6,7)21(2,3)4/h8-14H,15H2,1-7H3. The highest BCUT2D eigenvalue weighted by atomic mass is 32.2. The van der Waals surface area contributed by atoms with Gasteiger partial charge in [0.1, 0.15) is 5.75 Å². The summed E-state index contributed by atoms with van der Waals surface area (Å²) < 4.78 is 12.0. The quantitative estimate of drug-likeness (QED) is 0.415. The molecule has 0 aliphatic heterocycles. The van der Waals surface area contributed by atoms with Gasteiger partial charge in [-0.05, 0) is 54.9 Å². The van der Waals surface area contributed by atoms with Crippen molar-refractivity contribution in [2.45, 2.75) is 56.5 Å². The van der Waals surface area contributed by atoms with Gasteiger partial charge in [-0.3, -0.25) is 0 Å². The molecule has 0 aliphatic carbocycles. The lowest BCUT2D eigenvalue weighted by Gasteiger charge is -2.36. The van der Waals surface area contributed by atoms with Gasteiger partial charge in [0.25, 0.3) is 8.32 Å². The predicted octanol–water partition coefficient (Wildman–Crippen LogP) is 6.68. The van der Waals surface area contributed by atoms with Crippen LogP contribution in [-0.4, -0.2) is 15.4 Å². The average Bonchev–Trinajstić information content (AvgIpc) is 2.53. The topological polar surface area (TPSA) is 18.5 Å². The third-order valence-electron chi connectivity index (χ3n) is 4.83. The first-order chi connectivity index (χ1) is 11.6. The third-order valence-corrected chi connectivity index (χ3v) is 10.3. The molecule has 0 aliphatic rings. The first kappa shape index (κ1) is 19.9. The minimum atomic E-state index is -1.90. The molecule has 0 amide bonds. The molecule has 0 atom stereocenters. The fourth-order valence-electron chi connectivity index (χ4n) is 2.12. The highest BCUT2D eigenvalue weighted by Gasteiger charge is 2.39. The first-order valence-corrected chi connectivity index (χ1v) is 12.6. The Labute approximate surface area is 158 Å². The lowest BCUT2D eigenvalue weighted by atomic mass is 10.2. The Balaban J connectivity index is 2.17. The van der Waals surface area contributed by atoms with E-state index in [1.807, 2.05) is 17.8 Å². The van der Waals surface area contributed by atoms with Gasteiger partial charge in [0.15, 0.2) is 5.75 Å². The highest BCUT2D eigenvalue weighted by molar-refractivity contribution is 7.98. The second-order valence-corrected chi connectivity index (χ2v) is 13.7. The maximum atomic E-state index is 6.50. The Hall–Kier alpha value is -1.39. The zero-order valence-electron chi connectivity index (χ0n) is 16.5. The number of hydrogen-bond donors (Lipinski definition) is 0. The molecule has 136 valence electrons. The normalized spacial score (nSPS) is 12.1. The van der Waals surface area contributed by atoms with Crippen molar-refractivity contribution in [2.75, 3.05) is 7.11 Å². The van der Waals surface area contributed by atoms with Gasteiger partial charge in [-0.15, -0.1) is 11.8 Å². The fraction of sp³-hybridized carbons (Fsp3) is 0.429. The minimum absolute atomic E-state index is 0.157. The number of hydrogen-bond acceptors (Lipinski definition) is 3. The highest BCUT2D eigenvalue weighted by Crippen LogP contribution is 2.40. The minimum Gasteiger partial charge on any atom is -0.541 e. The van der Waals surface area contributed by atoms with Crippen molar-refractivity contribution in [3.63, 3.8) is 0 Å². The smallest absolute Gasteiger partial charge is 0.250 e. The molecule has 4 heteroatoms. The van der Waals surface area contributed by atoms with Gasteiger partial charge in [-0.25, -0.2) is 0 Å². The van der Waals surface area contributed by atoms with E-state index in [-0.39, 0.29) is 5.04 Å². The van der Waals surface area contributed by atoms with Crippen LogP contribution in [-0.2, 0) is 5.75 Å². The largest absolute Gasteiger partial charge is 0.541 e. The van der Waals surface area contributed by atoms with Crippen LogP contribution >= 0.6 is 11.8 Å². The van der Waals surface area contributed by atoms with Crippen molar-refractivity contribution in [3.05, 3.63) is 53.6 Å². The molecule has 0 heterocycles. The summed E-state index contributed by atoms with van der Waals surface area (Å²) in [6.45, 7) is 13.4. The van der Waals surface area contributed by atoms with E-state index in [1.165, 1.54) is 16.0 Å². The number of aryl methyl sites for hydroxylation is 1. The molecular formula is C21H30O2SSi. The van der Waals surface area contributed by atoms with E-state index >= 15 is 0 Å². The number of rotatable bonds is 6. The Morgan fingerprint density at radius 2 is 1.60 bits per heavy atom. The van der Waals surface area contributed by atoms with Crippen molar-refractivity contribution in [2.24, 2.45) is 0 Å². The van der Waals surface area contributed by atoms with Crippen LogP contribution in [0.5, 0.6) is 11.5 Å². The Morgan fingerprint density at radius 3 is 2.16 bits per heavy atom. The van der Waals surface area contributed by atoms with E-state index in [2.05, 4.69) is 77.2 Å². The third kappa shape index (κ3) is 5.29. The van der Waals surface area contributed by atoms with Crippen molar-refractivity contribution < 1.29 is 9.16 Å². The van der Waals surface area contributed by atoms with Crippen molar-refractivity contribution in [3.8, 4) is 11.5 Å². The van der Waals surface area contributed by atoms with Crippen LogP contribution in [0, 0.1) is 6.92 Å². The van der Waals surface area contributed by atoms with Crippen LogP contribution in [0.2, 0.25) is 18.1 Å². The molecule has 2 nitrogen and oxygen atoms in total. The molecule has 0 fully saturated rings. The van der Waals surface area contributed by atoms with E-state index in [4.69, 9.17) is 9.16 Å². The van der Waals surface area contributed by atoms with Crippen LogP contribution in [0.15, 0.2) is 47.4 Å². The summed E-state index contributed by atoms with van der Waals surface area (Å²) >= 11 is 1.84. The van der Waals surface area contributed by atoms with Crippen LogP contribution in [0.4, 0.5) is 0 Å². The van der Waals surface area contributed by atoms with E-state index in [9.17, 15) is 0 Å².